The number of aryl methyl sites for hydroxylation is 1. The van der Waals surface area contributed by atoms with E-state index in [0.29, 0.717) is 23.9 Å². The number of nitrogens with one attached hydrogen (secondary N) is 1. The molecule has 1 aromatic heterocycles. The SMILES string of the molecule is COCCN(CC(=O)Nc1nc(-c2ccccc2)cn1-c1cccc(C)c1)C(=O)c1cccc(OC)c1. The number of methoxy groups -OCH3 is 2. The Morgan fingerprint density at radius 1 is 0.973 bits per heavy atom. The molecule has 0 saturated heterocycles. The molecule has 8 heteroatoms. The van der Waals surface area contributed by atoms with Crippen LogP contribution in [0.25, 0.3) is 16.9 Å². The number of aromatic nitrogens is 2. The minimum Gasteiger partial charge on any atom is -0.497 e. The molecule has 4 rings (SSSR count). The van der Waals surface area contributed by atoms with Crippen LogP contribution in [0.3, 0.4) is 0 Å². The topological polar surface area (TPSA) is 85.7 Å². The van der Waals surface area contributed by atoms with Gasteiger partial charge in [-0.15, -0.1) is 0 Å². The molecular formula is C29H30N4O4. The maximum atomic E-state index is 13.2. The number of ether oxygens (including phenoxy) is 2. The first-order valence-electron chi connectivity index (χ1n) is 11.9. The van der Waals surface area contributed by atoms with Gasteiger partial charge in [0.1, 0.15) is 12.3 Å². The minimum atomic E-state index is -0.369. The van der Waals surface area contributed by atoms with E-state index < -0.39 is 0 Å². The predicted octanol–water partition coefficient (Wildman–Crippen LogP) is 4.58. The Hall–Kier alpha value is -4.43. The van der Waals surface area contributed by atoms with Crippen LogP contribution in [0.2, 0.25) is 0 Å². The molecule has 1 heterocycles. The number of benzene rings is 3. The number of carbonyl (C=O) groups excluding carboxylic acids is 2. The van der Waals surface area contributed by atoms with Crippen LogP contribution in [0.15, 0.2) is 85.1 Å². The van der Waals surface area contributed by atoms with E-state index in [1.54, 1.807) is 38.5 Å². The molecule has 2 amide bonds. The van der Waals surface area contributed by atoms with Gasteiger partial charge in [-0.1, -0.05) is 48.5 Å². The number of carbonyl (C=O) groups is 2. The second kappa shape index (κ2) is 12.0. The summed E-state index contributed by atoms with van der Waals surface area (Å²) in [5.41, 5.74) is 4.03. The van der Waals surface area contributed by atoms with E-state index in [1.165, 1.54) is 4.90 Å². The molecule has 0 aliphatic carbocycles. The maximum Gasteiger partial charge on any atom is 0.254 e. The second-order valence-corrected chi connectivity index (χ2v) is 8.52. The smallest absolute Gasteiger partial charge is 0.254 e. The summed E-state index contributed by atoms with van der Waals surface area (Å²) in [5, 5.41) is 2.91. The van der Waals surface area contributed by atoms with E-state index >= 15 is 0 Å². The normalized spacial score (nSPS) is 10.7. The summed E-state index contributed by atoms with van der Waals surface area (Å²) in [7, 11) is 3.10. The van der Waals surface area contributed by atoms with E-state index in [4.69, 9.17) is 14.5 Å². The first-order chi connectivity index (χ1) is 18.0. The van der Waals surface area contributed by atoms with Crippen molar-refractivity contribution >= 4 is 17.8 Å². The largest absolute Gasteiger partial charge is 0.497 e. The van der Waals surface area contributed by atoms with Crippen LogP contribution in [0.5, 0.6) is 5.75 Å². The third-order valence-electron chi connectivity index (χ3n) is 5.81. The summed E-state index contributed by atoms with van der Waals surface area (Å²) < 4.78 is 12.3. The summed E-state index contributed by atoms with van der Waals surface area (Å²) in [6.45, 7) is 2.38. The Bertz CT molecular complexity index is 1370. The average molecular weight is 499 g/mol. The van der Waals surface area contributed by atoms with Crippen molar-refractivity contribution in [2.45, 2.75) is 6.92 Å². The van der Waals surface area contributed by atoms with Crippen LogP contribution in [-0.4, -0.2) is 60.2 Å². The predicted molar refractivity (Wildman–Crippen MR) is 143 cm³/mol. The first kappa shape index (κ1) is 25.7. The number of imidazole rings is 1. The molecule has 8 nitrogen and oxygen atoms in total. The third kappa shape index (κ3) is 6.42. The Morgan fingerprint density at radius 3 is 2.49 bits per heavy atom. The maximum absolute atomic E-state index is 13.2. The first-order valence-corrected chi connectivity index (χ1v) is 11.9. The minimum absolute atomic E-state index is 0.166. The second-order valence-electron chi connectivity index (χ2n) is 8.52. The molecule has 0 bridgehead atoms. The summed E-state index contributed by atoms with van der Waals surface area (Å²) in [4.78, 5) is 32.6. The van der Waals surface area contributed by atoms with Crippen LogP contribution in [-0.2, 0) is 9.53 Å². The van der Waals surface area contributed by atoms with Gasteiger partial charge in [-0.25, -0.2) is 4.98 Å². The zero-order valence-corrected chi connectivity index (χ0v) is 21.2. The van der Waals surface area contributed by atoms with Crippen LogP contribution in [0.1, 0.15) is 15.9 Å². The lowest BCUT2D eigenvalue weighted by Gasteiger charge is -2.22. The quantitative estimate of drug-likeness (QED) is 0.346. The van der Waals surface area contributed by atoms with E-state index in [2.05, 4.69) is 5.32 Å². The summed E-state index contributed by atoms with van der Waals surface area (Å²) >= 11 is 0. The van der Waals surface area contributed by atoms with Crippen molar-refractivity contribution in [2.75, 3.05) is 39.2 Å². The lowest BCUT2D eigenvalue weighted by atomic mass is 10.2. The fourth-order valence-corrected chi connectivity index (χ4v) is 3.92. The average Bonchev–Trinajstić information content (AvgIpc) is 3.34. The summed E-state index contributed by atoms with van der Waals surface area (Å²) in [5.74, 6) is 0.273. The van der Waals surface area contributed by atoms with Gasteiger partial charge in [-0.3, -0.25) is 19.5 Å². The van der Waals surface area contributed by atoms with Gasteiger partial charge in [0.2, 0.25) is 11.9 Å². The fourth-order valence-electron chi connectivity index (χ4n) is 3.92. The van der Waals surface area contributed by atoms with Gasteiger partial charge in [-0.2, -0.15) is 0 Å². The monoisotopic (exact) mass is 498 g/mol. The molecule has 3 aromatic carbocycles. The molecule has 0 atom stereocenters. The summed E-state index contributed by atoms with van der Waals surface area (Å²) in [6, 6.07) is 24.5. The molecule has 0 aliphatic rings. The van der Waals surface area contributed by atoms with Crippen molar-refractivity contribution in [2.24, 2.45) is 0 Å². The zero-order valence-electron chi connectivity index (χ0n) is 21.2. The molecule has 0 unspecified atom stereocenters. The van der Waals surface area contributed by atoms with Gasteiger partial charge in [0, 0.05) is 36.7 Å². The van der Waals surface area contributed by atoms with E-state index in [0.717, 1.165) is 22.5 Å². The molecule has 0 radical (unpaired) electrons. The van der Waals surface area contributed by atoms with E-state index in [-0.39, 0.29) is 24.9 Å². The summed E-state index contributed by atoms with van der Waals surface area (Å²) in [6.07, 6.45) is 1.89. The molecule has 37 heavy (non-hydrogen) atoms. The van der Waals surface area contributed by atoms with E-state index in [9.17, 15) is 9.59 Å². The highest BCUT2D eigenvalue weighted by Gasteiger charge is 2.21. The Kier molecular flexibility index (Phi) is 8.33. The fraction of sp³-hybridized carbons (Fsp3) is 0.207. The van der Waals surface area contributed by atoms with Crippen LogP contribution in [0.4, 0.5) is 5.95 Å². The lowest BCUT2D eigenvalue weighted by molar-refractivity contribution is -0.117. The van der Waals surface area contributed by atoms with Crippen LogP contribution < -0.4 is 10.1 Å². The highest BCUT2D eigenvalue weighted by atomic mass is 16.5. The number of hydrogen-bond acceptors (Lipinski definition) is 5. The van der Waals surface area contributed by atoms with Crippen molar-refractivity contribution in [3.8, 4) is 22.7 Å². The molecule has 1 N–H and O–H groups in total. The van der Waals surface area contributed by atoms with Gasteiger partial charge in [0.05, 0.1) is 19.4 Å². The number of nitrogens with zero attached hydrogens (tertiary/aromatic N) is 3. The van der Waals surface area contributed by atoms with Crippen molar-refractivity contribution in [1.29, 1.82) is 0 Å². The Morgan fingerprint density at radius 2 is 1.76 bits per heavy atom. The van der Waals surface area contributed by atoms with Gasteiger partial charge in [0.15, 0.2) is 0 Å². The van der Waals surface area contributed by atoms with Crippen molar-refractivity contribution in [3.05, 3.63) is 96.2 Å². The van der Waals surface area contributed by atoms with Gasteiger partial charge in [0.25, 0.3) is 5.91 Å². The molecule has 0 fully saturated rings. The Labute approximate surface area is 216 Å². The number of amides is 2. The van der Waals surface area contributed by atoms with Crippen molar-refractivity contribution < 1.29 is 19.1 Å². The molecule has 0 spiro atoms. The van der Waals surface area contributed by atoms with Crippen molar-refractivity contribution in [3.63, 3.8) is 0 Å². The lowest BCUT2D eigenvalue weighted by Crippen LogP contribution is -2.40. The molecular weight excluding hydrogens is 468 g/mol. The van der Waals surface area contributed by atoms with Crippen molar-refractivity contribution in [1.82, 2.24) is 14.5 Å². The Balaban J connectivity index is 1.60. The standard InChI is InChI=1S/C29H30N4O4/c1-21-9-7-13-24(17-21)33-19-26(22-10-5-4-6-11-22)30-29(33)31-27(34)20-32(15-16-36-2)28(35)23-12-8-14-25(18-23)37-3/h4-14,17-19H,15-16,20H2,1-3H3,(H,30,31,34). The number of rotatable bonds is 10. The molecule has 190 valence electrons. The molecule has 0 aliphatic heterocycles. The highest BCUT2D eigenvalue weighted by Crippen LogP contribution is 2.25. The van der Waals surface area contributed by atoms with Crippen LogP contribution in [0, 0.1) is 6.92 Å². The van der Waals surface area contributed by atoms with Gasteiger partial charge < -0.3 is 14.4 Å². The highest BCUT2D eigenvalue weighted by molar-refractivity contribution is 5.99. The van der Waals surface area contributed by atoms with Gasteiger partial charge in [-0.05, 0) is 42.8 Å². The van der Waals surface area contributed by atoms with E-state index in [1.807, 2.05) is 72.3 Å². The van der Waals surface area contributed by atoms with Gasteiger partial charge >= 0.3 is 0 Å². The third-order valence-corrected chi connectivity index (χ3v) is 5.81. The molecule has 0 saturated carbocycles. The zero-order chi connectivity index (χ0) is 26.2. The number of anilines is 1. The molecule has 4 aromatic rings. The van der Waals surface area contributed by atoms with Crippen LogP contribution >= 0.6 is 0 Å². The number of hydrogen-bond donors (Lipinski definition) is 1.